The van der Waals surface area contributed by atoms with Crippen LogP contribution in [-0.4, -0.2) is 35.9 Å². The predicted molar refractivity (Wildman–Crippen MR) is 109 cm³/mol. The summed E-state index contributed by atoms with van der Waals surface area (Å²) in [6.07, 6.45) is 5.74. The zero-order valence-electron chi connectivity index (χ0n) is 15.3. The molecule has 0 radical (unpaired) electrons. The average Bonchev–Trinajstić information content (AvgIpc) is 3.13. The minimum Gasteiger partial charge on any atom is -0.324 e. The van der Waals surface area contributed by atoms with Crippen molar-refractivity contribution in [2.75, 3.05) is 24.7 Å². The molecule has 0 aromatic heterocycles. The average molecular weight is 382 g/mol. The number of likely N-dealkylation sites (tertiary alicyclic amines) is 1. The molecule has 0 bridgehead atoms. The number of anilines is 1. The van der Waals surface area contributed by atoms with Crippen LogP contribution in [0.2, 0.25) is 0 Å². The second-order valence-corrected chi connectivity index (χ2v) is 7.72. The van der Waals surface area contributed by atoms with Gasteiger partial charge in [-0.1, -0.05) is 36.4 Å². The van der Waals surface area contributed by atoms with Gasteiger partial charge in [-0.05, 0) is 36.1 Å². The van der Waals surface area contributed by atoms with Gasteiger partial charge in [0.2, 0.25) is 0 Å². The lowest BCUT2D eigenvalue weighted by atomic mass is 9.90. The lowest BCUT2D eigenvalue weighted by Gasteiger charge is -2.36. The summed E-state index contributed by atoms with van der Waals surface area (Å²) in [4.78, 5) is 21.5. The summed E-state index contributed by atoms with van der Waals surface area (Å²) >= 11 is 1.66. The van der Waals surface area contributed by atoms with Gasteiger partial charge in [-0.2, -0.15) is 0 Å². The maximum Gasteiger partial charge on any atom is 0.321 e. The first kappa shape index (κ1) is 17.9. The molecule has 5 nitrogen and oxygen atoms in total. The minimum atomic E-state index is -0.333. The van der Waals surface area contributed by atoms with Crippen molar-refractivity contribution in [2.24, 2.45) is 0 Å². The van der Waals surface area contributed by atoms with Gasteiger partial charge in [0.25, 0.3) is 0 Å². The van der Waals surface area contributed by atoms with Crippen molar-refractivity contribution in [3.8, 4) is 0 Å². The number of carbonyl (C=O) groups excluding carboxylic acids is 1. The predicted octanol–water partition coefficient (Wildman–Crippen LogP) is 4.35. The third kappa shape index (κ3) is 3.96. The molecule has 4 rings (SSSR count). The third-order valence-electron chi connectivity index (χ3n) is 5.07. The molecule has 0 aliphatic carbocycles. The molecule has 2 aliphatic heterocycles. The highest BCUT2D eigenvalue weighted by molar-refractivity contribution is 7.98. The van der Waals surface area contributed by atoms with Crippen LogP contribution in [0, 0.1) is 0 Å². The van der Waals surface area contributed by atoms with E-state index in [2.05, 4.69) is 29.0 Å². The summed E-state index contributed by atoms with van der Waals surface area (Å²) in [7, 11) is 0. The van der Waals surface area contributed by atoms with Crippen molar-refractivity contribution in [2.45, 2.75) is 23.3 Å². The summed E-state index contributed by atoms with van der Waals surface area (Å²) in [6, 6.07) is 18.0. The fourth-order valence-corrected chi connectivity index (χ4v) is 3.94. The fourth-order valence-electron chi connectivity index (χ4n) is 3.48. The molecule has 0 saturated carbocycles. The van der Waals surface area contributed by atoms with Crippen LogP contribution in [-0.2, 0) is 4.84 Å². The Bertz CT molecular complexity index is 846. The Hall–Kier alpha value is -2.44. The number of thioether (sulfide) groups is 1. The van der Waals surface area contributed by atoms with E-state index in [1.165, 1.54) is 0 Å². The van der Waals surface area contributed by atoms with Crippen molar-refractivity contribution < 1.29 is 9.63 Å². The number of nitrogens with zero attached hydrogens (tertiary/aromatic N) is 1. The van der Waals surface area contributed by atoms with E-state index in [0.717, 1.165) is 34.7 Å². The van der Waals surface area contributed by atoms with Crippen molar-refractivity contribution in [3.05, 3.63) is 66.2 Å². The molecule has 2 aliphatic rings. The van der Waals surface area contributed by atoms with Crippen molar-refractivity contribution in [1.29, 1.82) is 0 Å². The second-order valence-electron chi connectivity index (χ2n) is 6.84. The van der Waals surface area contributed by atoms with Crippen LogP contribution in [0.5, 0.6) is 0 Å². The van der Waals surface area contributed by atoms with Crippen LogP contribution >= 0.6 is 11.8 Å². The first-order valence-corrected chi connectivity index (χ1v) is 10.3. The molecule has 2 aromatic carbocycles. The highest BCUT2D eigenvalue weighted by atomic mass is 32.2. The number of benzene rings is 2. The topological polar surface area (TPSA) is 53.6 Å². The van der Waals surface area contributed by atoms with Gasteiger partial charge in [0, 0.05) is 36.5 Å². The molecule has 27 heavy (non-hydrogen) atoms. The van der Waals surface area contributed by atoms with Crippen LogP contribution in [0.3, 0.4) is 0 Å². The molecule has 0 atom stereocenters. The van der Waals surface area contributed by atoms with E-state index in [0.29, 0.717) is 13.1 Å². The minimum absolute atomic E-state index is 0.0543. The first-order chi connectivity index (χ1) is 13.2. The lowest BCUT2D eigenvalue weighted by molar-refractivity contribution is -0.0634. The highest BCUT2D eigenvalue weighted by Gasteiger charge is 2.39. The number of hydrogen-bond acceptors (Lipinski definition) is 4. The zero-order valence-corrected chi connectivity index (χ0v) is 16.1. The molecular weight excluding hydrogens is 358 g/mol. The van der Waals surface area contributed by atoms with E-state index < -0.39 is 0 Å². The summed E-state index contributed by atoms with van der Waals surface area (Å²) in [5, 5.41) is 3.00. The normalized spacial score (nSPS) is 18.1. The van der Waals surface area contributed by atoms with Gasteiger partial charge in [0.15, 0.2) is 0 Å². The van der Waals surface area contributed by atoms with E-state index in [9.17, 15) is 4.79 Å². The number of hydroxylamine groups is 1. The van der Waals surface area contributed by atoms with Crippen LogP contribution in [0.25, 0.3) is 5.70 Å². The van der Waals surface area contributed by atoms with E-state index in [4.69, 9.17) is 4.84 Å². The second kappa shape index (κ2) is 7.66. The number of nitrogens with one attached hydrogen (secondary N) is 2. The van der Waals surface area contributed by atoms with Crippen LogP contribution in [0.1, 0.15) is 18.4 Å². The Balaban J connectivity index is 1.37. The maximum absolute atomic E-state index is 12.6. The van der Waals surface area contributed by atoms with Gasteiger partial charge < -0.3 is 10.2 Å². The van der Waals surface area contributed by atoms with Gasteiger partial charge >= 0.3 is 6.03 Å². The largest absolute Gasteiger partial charge is 0.324 e. The molecule has 2 heterocycles. The molecular formula is C21H23N3O2S. The number of piperidine rings is 1. The monoisotopic (exact) mass is 381 g/mol. The summed E-state index contributed by atoms with van der Waals surface area (Å²) in [5.74, 6) is 0. The van der Waals surface area contributed by atoms with Crippen molar-refractivity contribution in [3.63, 3.8) is 0 Å². The number of hydrogen-bond donors (Lipinski definition) is 2. The number of urea groups is 1. The molecule has 1 saturated heterocycles. The molecule has 140 valence electrons. The SMILES string of the molecule is CSc1cccc(NC(=O)N2CCC3(C=C(c4ccccc4)NO3)CC2)c1. The van der Waals surface area contributed by atoms with E-state index >= 15 is 0 Å². The zero-order chi connectivity index (χ0) is 18.7. The number of rotatable bonds is 3. The quantitative estimate of drug-likeness (QED) is 0.776. The molecule has 2 N–H and O–H groups in total. The first-order valence-electron chi connectivity index (χ1n) is 9.10. The molecule has 0 unspecified atom stereocenters. The van der Waals surface area contributed by atoms with E-state index in [1.54, 1.807) is 11.8 Å². The Morgan fingerprint density at radius 2 is 1.93 bits per heavy atom. The molecule has 1 spiro atoms. The standard InChI is InChI=1S/C21H23N3O2S/c1-27-18-9-5-8-17(14-18)22-20(25)24-12-10-21(11-13-24)15-19(23-26-21)16-6-3-2-4-7-16/h2-9,14-15,23H,10-13H2,1H3,(H,22,25). The van der Waals surface area contributed by atoms with Gasteiger partial charge in [0.1, 0.15) is 5.60 Å². The Labute approximate surface area is 163 Å². The smallest absolute Gasteiger partial charge is 0.321 e. The number of carbonyl (C=O) groups is 1. The Morgan fingerprint density at radius 1 is 1.15 bits per heavy atom. The van der Waals surface area contributed by atoms with Gasteiger partial charge in [-0.15, -0.1) is 11.8 Å². The van der Waals surface area contributed by atoms with Crippen LogP contribution in [0.4, 0.5) is 10.5 Å². The van der Waals surface area contributed by atoms with E-state index in [1.807, 2.05) is 53.6 Å². The Kier molecular flexibility index (Phi) is 5.09. The lowest BCUT2D eigenvalue weighted by Crippen LogP contribution is -2.48. The molecule has 6 heteroatoms. The number of amides is 2. The van der Waals surface area contributed by atoms with Crippen molar-refractivity contribution >= 4 is 29.2 Å². The maximum atomic E-state index is 12.6. The van der Waals surface area contributed by atoms with Crippen LogP contribution < -0.4 is 10.8 Å². The third-order valence-corrected chi connectivity index (χ3v) is 5.80. The summed E-state index contributed by atoms with van der Waals surface area (Å²) in [5.41, 5.74) is 5.68. The summed E-state index contributed by atoms with van der Waals surface area (Å²) < 4.78 is 0. The Morgan fingerprint density at radius 3 is 2.67 bits per heavy atom. The van der Waals surface area contributed by atoms with Crippen LogP contribution in [0.15, 0.2) is 65.6 Å². The molecule has 2 amide bonds. The highest BCUT2D eigenvalue weighted by Crippen LogP contribution is 2.34. The van der Waals surface area contributed by atoms with Gasteiger partial charge in [-0.3, -0.25) is 10.3 Å². The summed E-state index contributed by atoms with van der Waals surface area (Å²) in [6.45, 7) is 1.32. The molecule has 2 aromatic rings. The van der Waals surface area contributed by atoms with E-state index in [-0.39, 0.29) is 11.6 Å². The molecule has 1 fully saturated rings. The van der Waals surface area contributed by atoms with Gasteiger partial charge in [0.05, 0.1) is 5.70 Å². The fraction of sp³-hybridized carbons (Fsp3) is 0.286. The van der Waals surface area contributed by atoms with Crippen molar-refractivity contribution in [1.82, 2.24) is 10.4 Å². The van der Waals surface area contributed by atoms with Gasteiger partial charge in [-0.25, -0.2) is 4.79 Å².